The van der Waals surface area contributed by atoms with Gasteiger partial charge in [-0.1, -0.05) is 12.1 Å². The summed E-state index contributed by atoms with van der Waals surface area (Å²) >= 11 is 3.22. The molecule has 110 valence electrons. The van der Waals surface area contributed by atoms with Gasteiger partial charge >= 0.3 is 0 Å². The van der Waals surface area contributed by atoms with Crippen LogP contribution >= 0.6 is 15.9 Å². The Hall–Kier alpha value is -1.82. The number of furan rings is 1. The summed E-state index contributed by atoms with van der Waals surface area (Å²) in [5.74, 6) is -0.293. The summed E-state index contributed by atoms with van der Waals surface area (Å²) in [6.07, 6.45) is 1.48. The number of carbonyl (C=O) groups excluding carboxylic acids is 1. The molecule has 1 aliphatic heterocycles. The Morgan fingerprint density at radius 3 is 2.48 bits per heavy atom. The van der Waals surface area contributed by atoms with E-state index in [1.54, 1.807) is 23.1 Å². The van der Waals surface area contributed by atoms with Crippen LogP contribution in [0.3, 0.4) is 0 Å². The zero-order valence-electron chi connectivity index (χ0n) is 11.3. The summed E-state index contributed by atoms with van der Waals surface area (Å²) in [7, 11) is 0. The molecule has 3 rings (SSSR count). The van der Waals surface area contributed by atoms with Gasteiger partial charge in [-0.15, -0.1) is 0 Å². The van der Waals surface area contributed by atoms with Crippen LogP contribution in [0.4, 0.5) is 10.1 Å². The van der Waals surface area contributed by atoms with Crippen LogP contribution in [0.5, 0.6) is 0 Å². The van der Waals surface area contributed by atoms with Crippen molar-refractivity contribution in [1.82, 2.24) is 4.90 Å². The number of hydrogen-bond donors (Lipinski definition) is 0. The molecule has 21 heavy (non-hydrogen) atoms. The molecule has 1 aromatic heterocycles. The van der Waals surface area contributed by atoms with Crippen molar-refractivity contribution in [1.29, 1.82) is 0 Å². The molecule has 2 heterocycles. The van der Waals surface area contributed by atoms with Gasteiger partial charge in [-0.2, -0.15) is 0 Å². The van der Waals surface area contributed by atoms with Crippen LogP contribution in [0.2, 0.25) is 0 Å². The third kappa shape index (κ3) is 2.81. The quantitative estimate of drug-likeness (QED) is 0.832. The molecule has 0 bridgehead atoms. The zero-order valence-corrected chi connectivity index (χ0v) is 12.8. The number of nitrogens with zero attached hydrogens (tertiary/aromatic N) is 2. The fraction of sp³-hybridized carbons (Fsp3) is 0.267. The zero-order chi connectivity index (χ0) is 14.8. The Morgan fingerprint density at radius 1 is 1.14 bits per heavy atom. The maximum Gasteiger partial charge on any atom is 0.258 e. The second-order valence-electron chi connectivity index (χ2n) is 4.84. The number of anilines is 1. The molecule has 0 spiro atoms. The Balaban J connectivity index is 1.67. The van der Waals surface area contributed by atoms with Gasteiger partial charge in [0.2, 0.25) is 0 Å². The van der Waals surface area contributed by atoms with Crippen molar-refractivity contribution >= 4 is 27.5 Å². The van der Waals surface area contributed by atoms with Gasteiger partial charge in [0, 0.05) is 26.2 Å². The maximum atomic E-state index is 13.8. The van der Waals surface area contributed by atoms with Gasteiger partial charge < -0.3 is 14.2 Å². The van der Waals surface area contributed by atoms with E-state index in [9.17, 15) is 9.18 Å². The Labute approximate surface area is 130 Å². The summed E-state index contributed by atoms with van der Waals surface area (Å²) in [5, 5.41) is 0. The minimum Gasteiger partial charge on any atom is -0.457 e. The van der Waals surface area contributed by atoms with Crippen LogP contribution in [0, 0.1) is 5.82 Å². The third-order valence-corrected chi connectivity index (χ3v) is 4.22. The highest BCUT2D eigenvalue weighted by molar-refractivity contribution is 9.10. The number of rotatable bonds is 2. The van der Waals surface area contributed by atoms with E-state index in [-0.39, 0.29) is 11.7 Å². The van der Waals surface area contributed by atoms with E-state index >= 15 is 0 Å². The fourth-order valence-electron chi connectivity index (χ4n) is 2.48. The van der Waals surface area contributed by atoms with E-state index in [0.29, 0.717) is 42.1 Å². The molecular formula is C15H14BrFN2O2. The number of amides is 1. The number of hydrogen-bond acceptors (Lipinski definition) is 3. The van der Waals surface area contributed by atoms with E-state index < -0.39 is 0 Å². The molecule has 1 aromatic carbocycles. The van der Waals surface area contributed by atoms with Crippen molar-refractivity contribution in [3.05, 3.63) is 52.6 Å². The molecule has 0 aliphatic carbocycles. The van der Waals surface area contributed by atoms with Crippen molar-refractivity contribution in [3.63, 3.8) is 0 Å². The number of halogens is 2. The van der Waals surface area contributed by atoms with E-state index in [4.69, 9.17) is 4.42 Å². The summed E-state index contributed by atoms with van der Waals surface area (Å²) in [5.41, 5.74) is 1.11. The second kappa shape index (κ2) is 5.89. The molecule has 0 unspecified atom stereocenters. The minimum atomic E-state index is -0.227. The molecule has 1 fully saturated rings. The van der Waals surface area contributed by atoms with Crippen LogP contribution in [0.15, 0.2) is 45.7 Å². The second-order valence-corrected chi connectivity index (χ2v) is 5.56. The highest BCUT2D eigenvalue weighted by atomic mass is 79.9. The maximum absolute atomic E-state index is 13.8. The third-order valence-electron chi connectivity index (χ3n) is 3.61. The van der Waals surface area contributed by atoms with E-state index in [1.165, 1.54) is 12.3 Å². The lowest BCUT2D eigenvalue weighted by molar-refractivity contribution is 0.0744. The predicted octanol–water partition coefficient (Wildman–Crippen LogP) is 3.14. The fourth-order valence-corrected chi connectivity index (χ4v) is 2.88. The van der Waals surface area contributed by atoms with Crippen LogP contribution in [0.1, 0.15) is 10.4 Å². The first-order valence-electron chi connectivity index (χ1n) is 6.68. The van der Waals surface area contributed by atoms with Gasteiger partial charge in [-0.05, 0) is 34.1 Å². The van der Waals surface area contributed by atoms with Crippen LogP contribution in [0.25, 0.3) is 0 Å². The molecule has 2 aromatic rings. The van der Waals surface area contributed by atoms with Gasteiger partial charge in [-0.25, -0.2) is 4.39 Å². The van der Waals surface area contributed by atoms with Crippen LogP contribution < -0.4 is 4.90 Å². The number of carbonyl (C=O) groups is 1. The molecule has 1 aliphatic rings. The van der Waals surface area contributed by atoms with Gasteiger partial charge in [0.1, 0.15) is 5.82 Å². The summed E-state index contributed by atoms with van der Waals surface area (Å²) in [6, 6.07) is 8.36. The van der Waals surface area contributed by atoms with Gasteiger partial charge in [0.25, 0.3) is 5.91 Å². The van der Waals surface area contributed by atoms with Crippen LogP contribution in [-0.2, 0) is 0 Å². The van der Waals surface area contributed by atoms with Crippen molar-refractivity contribution in [2.24, 2.45) is 0 Å². The predicted molar refractivity (Wildman–Crippen MR) is 80.9 cm³/mol. The first-order chi connectivity index (χ1) is 10.2. The Morgan fingerprint density at radius 2 is 1.86 bits per heavy atom. The summed E-state index contributed by atoms with van der Waals surface area (Å²) in [6.45, 7) is 2.35. The molecule has 6 heteroatoms. The Bertz CT molecular complexity index is 651. The number of piperazine rings is 1. The Kier molecular flexibility index (Phi) is 3.96. The minimum absolute atomic E-state index is 0.0659. The van der Waals surface area contributed by atoms with E-state index in [1.807, 2.05) is 11.0 Å². The van der Waals surface area contributed by atoms with Crippen molar-refractivity contribution in [2.75, 3.05) is 31.1 Å². The molecule has 0 saturated carbocycles. The monoisotopic (exact) mass is 352 g/mol. The van der Waals surface area contributed by atoms with Gasteiger partial charge in [0.05, 0.1) is 17.5 Å². The standard InChI is InChI=1S/C15H14BrFN2O2/c16-14-11(5-10-21-14)15(20)19-8-6-18(7-9-19)13-4-2-1-3-12(13)17/h1-5,10H,6-9H2. The van der Waals surface area contributed by atoms with Gasteiger partial charge in [0.15, 0.2) is 4.67 Å². The largest absolute Gasteiger partial charge is 0.457 e. The van der Waals surface area contributed by atoms with Gasteiger partial charge in [-0.3, -0.25) is 4.79 Å². The normalized spacial score (nSPS) is 15.3. The SMILES string of the molecule is O=C(c1ccoc1Br)N1CCN(c2ccccc2F)CC1. The molecule has 4 nitrogen and oxygen atoms in total. The highest BCUT2D eigenvalue weighted by Gasteiger charge is 2.25. The molecule has 1 saturated heterocycles. The molecule has 1 amide bonds. The summed E-state index contributed by atoms with van der Waals surface area (Å²) < 4.78 is 19.3. The van der Waals surface area contributed by atoms with E-state index in [0.717, 1.165) is 0 Å². The first kappa shape index (κ1) is 14.1. The molecule has 0 atom stereocenters. The summed E-state index contributed by atoms with van der Waals surface area (Å²) in [4.78, 5) is 16.1. The highest BCUT2D eigenvalue weighted by Crippen LogP contribution is 2.23. The van der Waals surface area contributed by atoms with Crippen molar-refractivity contribution < 1.29 is 13.6 Å². The molecule has 0 N–H and O–H groups in total. The molecular weight excluding hydrogens is 339 g/mol. The smallest absolute Gasteiger partial charge is 0.258 e. The lowest BCUT2D eigenvalue weighted by Crippen LogP contribution is -2.49. The van der Waals surface area contributed by atoms with Crippen LogP contribution in [-0.4, -0.2) is 37.0 Å². The lowest BCUT2D eigenvalue weighted by atomic mass is 10.2. The lowest BCUT2D eigenvalue weighted by Gasteiger charge is -2.36. The van der Waals surface area contributed by atoms with E-state index in [2.05, 4.69) is 15.9 Å². The first-order valence-corrected chi connectivity index (χ1v) is 7.48. The van der Waals surface area contributed by atoms with Crippen molar-refractivity contribution in [2.45, 2.75) is 0 Å². The van der Waals surface area contributed by atoms with Crippen molar-refractivity contribution in [3.8, 4) is 0 Å². The number of para-hydroxylation sites is 1. The average molecular weight is 353 g/mol. The molecule has 0 radical (unpaired) electrons. The average Bonchev–Trinajstić information content (AvgIpc) is 2.93. The topological polar surface area (TPSA) is 36.7 Å². The number of benzene rings is 1.